The molecule has 4 nitrogen and oxygen atoms in total. The summed E-state index contributed by atoms with van der Waals surface area (Å²) in [5.41, 5.74) is 2.17. The molecule has 118 valence electrons. The molecule has 0 radical (unpaired) electrons. The van der Waals surface area contributed by atoms with Crippen molar-refractivity contribution in [3.05, 3.63) is 72.7 Å². The van der Waals surface area contributed by atoms with Crippen molar-refractivity contribution in [3.63, 3.8) is 0 Å². The van der Waals surface area contributed by atoms with E-state index in [1.54, 1.807) is 34.9 Å². The largest absolute Gasteiger partial charge is 0.507 e. The first-order valence-corrected chi connectivity index (χ1v) is 7.40. The molecule has 0 bridgehead atoms. The summed E-state index contributed by atoms with van der Waals surface area (Å²) >= 11 is 0. The molecule has 2 aromatic heterocycles. The van der Waals surface area contributed by atoms with E-state index in [9.17, 15) is 14.6 Å². The van der Waals surface area contributed by atoms with Crippen molar-refractivity contribution in [3.8, 4) is 34.1 Å². The van der Waals surface area contributed by atoms with E-state index in [1.807, 2.05) is 24.3 Å². The zero-order valence-electron chi connectivity index (χ0n) is 12.5. The van der Waals surface area contributed by atoms with Gasteiger partial charge in [0.1, 0.15) is 17.3 Å². The summed E-state index contributed by atoms with van der Waals surface area (Å²) in [6.45, 7) is 0. The molecule has 4 rings (SSSR count). The predicted molar refractivity (Wildman–Crippen MR) is 89.4 cm³/mol. The quantitative estimate of drug-likeness (QED) is 0.581. The molecule has 24 heavy (non-hydrogen) atoms. The summed E-state index contributed by atoms with van der Waals surface area (Å²) in [7, 11) is 0. The fraction of sp³-hybridized carbons (Fsp3) is 0. The lowest BCUT2D eigenvalue weighted by Crippen LogP contribution is -1.90. The third kappa shape index (κ3) is 2.10. The van der Waals surface area contributed by atoms with Crippen LogP contribution in [0.25, 0.3) is 28.2 Å². The van der Waals surface area contributed by atoms with Gasteiger partial charge in [-0.2, -0.15) is 0 Å². The van der Waals surface area contributed by atoms with Gasteiger partial charge in [0.15, 0.2) is 11.6 Å². The van der Waals surface area contributed by atoms with E-state index in [4.69, 9.17) is 0 Å². The van der Waals surface area contributed by atoms with Crippen LogP contribution in [0, 0.1) is 5.82 Å². The van der Waals surface area contributed by atoms with Crippen LogP contribution in [0.3, 0.4) is 0 Å². The summed E-state index contributed by atoms with van der Waals surface area (Å²) in [6.07, 6.45) is 1.78. The minimum atomic E-state index is -0.704. The van der Waals surface area contributed by atoms with Gasteiger partial charge in [-0.05, 0) is 36.4 Å². The van der Waals surface area contributed by atoms with Crippen LogP contribution in [-0.2, 0) is 0 Å². The molecule has 0 saturated heterocycles. The van der Waals surface area contributed by atoms with Crippen molar-refractivity contribution < 1.29 is 14.6 Å². The molecule has 0 amide bonds. The van der Waals surface area contributed by atoms with Crippen LogP contribution in [-0.4, -0.2) is 19.6 Å². The lowest BCUT2D eigenvalue weighted by atomic mass is 10.1. The second-order valence-electron chi connectivity index (χ2n) is 5.39. The Labute approximate surface area is 137 Å². The molecule has 0 spiro atoms. The fourth-order valence-electron chi connectivity index (χ4n) is 2.80. The Balaban J connectivity index is 2.06. The van der Waals surface area contributed by atoms with Gasteiger partial charge in [0.2, 0.25) is 0 Å². The SMILES string of the molecule is Oc1ccccc1-c1nc(-c2cccc(F)c2O)n2ccccc12. The average molecular weight is 320 g/mol. The number of para-hydroxylation sites is 2. The van der Waals surface area contributed by atoms with Crippen molar-refractivity contribution in [2.45, 2.75) is 0 Å². The molecule has 5 heteroatoms. The van der Waals surface area contributed by atoms with Gasteiger partial charge in [-0.25, -0.2) is 9.37 Å². The normalized spacial score (nSPS) is 11.0. The van der Waals surface area contributed by atoms with Gasteiger partial charge in [-0.15, -0.1) is 0 Å². The molecule has 4 aromatic rings. The first-order valence-electron chi connectivity index (χ1n) is 7.40. The van der Waals surface area contributed by atoms with E-state index in [0.29, 0.717) is 17.1 Å². The van der Waals surface area contributed by atoms with Crippen LogP contribution < -0.4 is 0 Å². The minimum absolute atomic E-state index is 0.108. The number of aromatic hydroxyl groups is 2. The molecular formula is C19H13FN2O2. The molecular weight excluding hydrogens is 307 g/mol. The van der Waals surface area contributed by atoms with Gasteiger partial charge in [0.25, 0.3) is 0 Å². The van der Waals surface area contributed by atoms with Gasteiger partial charge in [-0.1, -0.05) is 24.3 Å². The average Bonchev–Trinajstić information content (AvgIpc) is 2.97. The highest BCUT2D eigenvalue weighted by Gasteiger charge is 2.19. The first-order chi connectivity index (χ1) is 11.7. The van der Waals surface area contributed by atoms with Crippen molar-refractivity contribution in [1.82, 2.24) is 9.38 Å². The van der Waals surface area contributed by atoms with Gasteiger partial charge < -0.3 is 10.2 Å². The Morgan fingerprint density at radius 2 is 1.58 bits per heavy atom. The van der Waals surface area contributed by atoms with Gasteiger partial charge in [0.05, 0.1) is 11.1 Å². The number of aromatic nitrogens is 2. The Morgan fingerprint density at radius 1 is 0.833 bits per heavy atom. The second-order valence-corrected chi connectivity index (χ2v) is 5.39. The smallest absolute Gasteiger partial charge is 0.165 e. The van der Waals surface area contributed by atoms with E-state index in [-0.39, 0.29) is 11.3 Å². The van der Waals surface area contributed by atoms with Crippen molar-refractivity contribution in [1.29, 1.82) is 0 Å². The van der Waals surface area contributed by atoms with Crippen molar-refractivity contribution >= 4 is 5.52 Å². The van der Waals surface area contributed by atoms with Crippen LogP contribution in [0.4, 0.5) is 4.39 Å². The fourth-order valence-corrected chi connectivity index (χ4v) is 2.80. The van der Waals surface area contributed by atoms with Gasteiger partial charge in [-0.3, -0.25) is 4.40 Å². The van der Waals surface area contributed by atoms with E-state index in [0.717, 1.165) is 5.52 Å². The van der Waals surface area contributed by atoms with Crippen LogP contribution in [0.1, 0.15) is 0 Å². The van der Waals surface area contributed by atoms with Crippen LogP contribution in [0.15, 0.2) is 66.9 Å². The van der Waals surface area contributed by atoms with E-state index >= 15 is 0 Å². The lowest BCUT2D eigenvalue weighted by Gasteiger charge is -2.04. The first kappa shape index (κ1) is 14.3. The molecule has 2 heterocycles. The number of nitrogens with zero attached hydrogens (tertiary/aromatic N) is 2. The highest BCUT2D eigenvalue weighted by Crippen LogP contribution is 2.37. The number of fused-ring (bicyclic) bond motifs is 1. The number of pyridine rings is 1. The zero-order valence-corrected chi connectivity index (χ0v) is 12.5. The maximum atomic E-state index is 13.7. The van der Waals surface area contributed by atoms with Crippen LogP contribution in [0.2, 0.25) is 0 Å². The molecule has 0 atom stereocenters. The number of halogens is 1. The summed E-state index contributed by atoms with van der Waals surface area (Å²) in [5.74, 6) is -0.640. The Hall–Kier alpha value is -3.34. The van der Waals surface area contributed by atoms with Crippen molar-refractivity contribution in [2.75, 3.05) is 0 Å². The molecule has 0 aliphatic heterocycles. The number of benzene rings is 2. The Kier molecular flexibility index (Phi) is 3.20. The second kappa shape index (κ2) is 5.38. The monoisotopic (exact) mass is 320 g/mol. The third-order valence-electron chi connectivity index (χ3n) is 3.94. The summed E-state index contributed by atoms with van der Waals surface area (Å²) in [5, 5.41) is 20.2. The molecule has 0 unspecified atom stereocenters. The summed E-state index contributed by atoms with van der Waals surface area (Å²) < 4.78 is 15.5. The number of phenols is 2. The zero-order chi connectivity index (χ0) is 16.7. The van der Waals surface area contributed by atoms with Crippen LogP contribution in [0.5, 0.6) is 11.5 Å². The van der Waals surface area contributed by atoms with Crippen molar-refractivity contribution in [2.24, 2.45) is 0 Å². The topological polar surface area (TPSA) is 57.8 Å². The lowest BCUT2D eigenvalue weighted by molar-refractivity contribution is 0.434. The predicted octanol–water partition coefficient (Wildman–Crippen LogP) is 4.22. The molecule has 0 aliphatic rings. The molecule has 0 fully saturated rings. The van der Waals surface area contributed by atoms with E-state index < -0.39 is 11.6 Å². The van der Waals surface area contributed by atoms with Gasteiger partial charge in [0, 0.05) is 11.8 Å². The highest BCUT2D eigenvalue weighted by atomic mass is 19.1. The Bertz CT molecular complexity index is 1060. The van der Waals surface area contributed by atoms with E-state index in [1.165, 1.54) is 12.1 Å². The number of imidazole rings is 1. The number of phenolic OH excluding ortho intramolecular Hbond substituents is 2. The maximum Gasteiger partial charge on any atom is 0.165 e. The molecule has 2 N–H and O–H groups in total. The van der Waals surface area contributed by atoms with Crippen LogP contribution >= 0.6 is 0 Å². The molecule has 0 aliphatic carbocycles. The highest BCUT2D eigenvalue weighted by molar-refractivity contribution is 5.84. The Morgan fingerprint density at radius 3 is 2.42 bits per heavy atom. The number of hydrogen-bond donors (Lipinski definition) is 2. The maximum absolute atomic E-state index is 13.7. The number of rotatable bonds is 2. The van der Waals surface area contributed by atoms with Gasteiger partial charge >= 0.3 is 0 Å². The standard InChI is InChI=1S/C19H13FN2O2/c20-14-8-5-7-13(18(14)24)19-21-17(12-6-1-2-10-16(12)23)15-9-3-4-11-22(15)19/h1-11,23-24H. The number of hydrogen-bond acceptors (Lipinski definition) is 3. The molecule has 2 aromatic carbocycles. The third-order valence-corrected chi connectivity index (χ3v) is 3.94. The summed E-state index contributed by atoms with van der Waals surface area (Å²) in [6, 6.07) is 16.7. The summed E-state index contributed by atoms with van der Waals surface area (Å²) in [4.78, 5) is 4.57. The minimum Gasteiger partial charge on any atom is -0.507 e. The molecule has 0 saturated carbocycles. The van der Waals surface area contributed by atoms with E-state index in [2.05, 4.69) is 4.98 Å².